The molecule has 0 aliphatic heterocycles. The van der Waals surface area contributed by atoms with Crippen LogP contribution >= 0.6 is 31.9 Å². The van der Waals surface area contributed by atoms with Gasteiger partial charge in [0, 0.05) is 8.95 Å². The van der Waals surface area contributed by atoms with Crippen LogP contribution in [0.15, 0.2) is 51.4 Å². The van der Waals surface area contributed by atoms with Gasteiger partial charge in [0.2, 0.25) is 0 Å². The van der Waals surface area contributed by atoms with E-state index in [2.05, 4.69) is 56.2 Å². The molecular formula is C16H16Br2FN. The molecular weight excluding hydrogens is 385 g/mol. The quantitative estimate of drug-likeness (QED) is 0.704. The first-order valence-electron chi connectivity index (χ1n) is 6.55. The third kappa shape index (κ3) is 3.90. The van der Waals surface area contributed by atoms with Gasteiger partial charge >= 0.3 is 0 Å². The molecule has 0 aliphatic carbocycles. The third-order valence-electron chi connectivity index (χ3n) is 3.08. The van der Waals surface area contributed by atoms with Crippen molar-refractivity contribution in [3.05, 3.63) is 68.4 Å². The molecule has 0 saturated carbocycles. The monoisotopic (exact) mass is 399 g/mol. The second-order valence-corrected chi connectivity index (χ2v) is 6.37. The van der Waals surface area contributed by atoms with Gasteiger partial charge in [-0.3, -0.25) is 0 Å². The van der Waals surface area contributed by atoms with E-state index in [1.807, 2.05) is 18.2 Å². The molecule has 1 unspecified atom stereocenters. The first-order chi connectivity index (χ1) is 9.61. The van der Waals surface area contributed by atoms with Gasteiger partial charge in [-0.1, -0.05) is 57.0 Å². The lowest BCUT2D eigenvalue weighted by Gasteiger charge is -2.21. The van der Waals surface area contributed by atoms with Crippen LogP contribution < -0.4 is 5.32 Å². The average Bonchev–Trinajstić information content (AvgIpc) is 2.42. The van der Waals surface area contributed by atoms with Crippen molar-refractivity contribution in [2.24, 2.45) is 0 Å². The second-order valence-electron chi connectivity index (χ2n) is 4.60. The van der Waals surface area contributed by atoms with Crippen molar-refractivity contribution in [3.63, 3.8) is 0 Å². The van der Waals surface area contributed by atoms with Crippen molar-refractivity contribution in [2.75, 3.05) is 6.54 Å². The lowest BCUT2D eigenvalue weighted by atomic mass is 9.98. The van der Waals surface area contributed by atoms with Crippen LogP contribution in [0.4, 0.5) is 4.39 Å². The van der Waals surface area contributed by atoms with Gasteiger partial charge in [0.05, 0.1) is 6.04 Å². The highest BCUT2D eigenvalue weighted by Gasteiger charge is 2.16. The van der Waals surface area contributed by atoms with E-state index in [-0.39, 0.29) is 11.9 Å². The molecule has 2 rings (SSSR count). The molecule has 20 heavy (non-hydrogen) atoms. The predicted molar refractivity (Wildman–Crippen MR) is 88.4 cm³/mol. The fourth-order valence-corrected chi connectivity index (χ4v) is 2.93. The van der Waals surface area contributed by atoms with Gasteiger partial charge in [-0.05, 0) is 48.4 Å². The Hall–Kier alpha value is -0.710. The summed E-state index contributed by atoms with van der Waals surface area (Å²) < 4.78 is 15.1. The van der Waals surface area contributed by atoms with E-state index < -0.39 is 0 Å². The first-order valence-corrected chi connectivity index (χ1v) is 8.14. The molecule has 0 fully saturated rings. The Morgan fingerprint density at radius 1 is 1.10 bits per heavy atom. The number of benzene rings is 2. The molecule has 2 aromatic rings. The SMILES string of the molecule is CCCNC(c1ccc(Br)cc1)c1ccc(F)cc1Br. The lowest BCUT2D eigenvalue weighted by molar-refractivity contribution is 0.590. The molecule has 0 saturated heterocycles. The molecule has 1 nitrogen and oxygen atoms in total. The summed E-state index contributed by atoms with van der Waals surface area (Å²) in [5, 5.41) is 3.51. The number of halogens is 3. The van der Waals surface area contributed by atoms with E-state index >= 15 is 0 Å². The largest absolute Gasteiger partial charge is 0.306 e. The highest BCUT2D eigenvalue weighted by atomic mass is 79.9. The van der Waals surface area contributed by atoms with Gasteiger partial charge < -0.3 is 5.32 Å². The smallest absolute Gasteiger partial charge is 0.124 e. The molecule has 0 heterocycles. The van der Waals surface area contributed by atoms with Gasteiger partial charge in [0.15, 0.2) is 0 Å². The Kier molecular flexibility index (Phi) is 5.75. The Labute approximate surface area is 135 Å². The van der Waals surface area contributed by atoms with Crippen molar-refractivity contribution in [3.8, 4) is 0 Å². The van der Waals surface area contributed by atoms with Crippen LogP contribution in [-0.4, -0.2) is 6.54 Å². The molecule has 1 N–H and O–H groups in total. The maximum atomic E-state index is 13.3. The van der Waals surface area contributed by atoms with Gasteiger partial charge in [-0.2, -0.15) is 0 Å². The molecule has 2 aromatic carbocycles. The highest BCUT2D eigenvalue weighted by Crippen LogP contribution is 2.30. The number of rotatable bonds is 5. The second kappa shape index (κ2) is 7.34. The summed E-state index contributed by atoms with van der Waals surface area (Å²) in [5.74, 6) is -0.231. The molecule has 4 heteroatoms. The molecule has 0 spiro atoms. The molecule has 0 amide bonds. The molecule has 0 radical (unpaired) electrons. The Bertz CT molecular complexity index is 569. The van der Waals surface area contributed by atoms with Crippen LogP contribution in [0.25, 0.3) is 0 Å². The minimum atomic E-state index is -0.231. The zero-order chi connectivity index (χ0) is 14.5. The molecule has 0 aromatic heterocycles. The fourth-order valence-electron chi connectivity index (χ4n) is 2.09. The maximum Gasteiger partial charge on any atom is 0.124 e. The average molecular weight is 401 g/mol. The van der Waals surface area contributed by atoms with E-state index in [0.29, 0.717) is 0 Å². The predicted octanol–water partition coefficient (Wildman–Crippen LogP) is 5.44. The summed E-state index contributed by atoms with van der Waals surface area (Å²) in [5.41, 5.74) is 2.20. The van der Waals surface area contributed by atoms with E-state index in [1.54, 1.807) is 0 Å². The van der Waals surface area contributed by atoms with Crippen molar-refractivity contribution in [2.45, 2.75) is 19.4 Å². The summed E-state index contributed by atoms with van der Waals surface area (Å²) in [7, 11) is 0. The summed E-state index contributed by atoms with van der Waals surface area (Å²) in [6.45, 7) is 3.04. The van der Waals surface area contributed by atoms with E-state index in [1.165, 1.54) is 12.1 Å². The number of nitrogens with one attached hydrogen (secondary N) is 1. The van der Waals surface area contributed by atoms with Crippen LogP contribution in [0.1, 0.15) is 30.5 Å². The third-order valence-corrected chi connectivity index (χ3v) is 4.29. The molecule has 0 bridgehead atoms. The van der Waals surface area contributed by atoms with Crippen LogP contribution in [-0.2, 0) is 0 Å². The Balaban J connectivity index is 2.38. The van der Waals surface area contributed by atoms with Crippen LogP contribution in [0.2, 0.25) is 0 Å². The summed E-state index contributed by atoms with van der Waals surface area (Å²) in [4.78, 5) is 0. The minimum Gasteiger partial charge on any atom is -0.306 e. The van der Waals surface area contributed by atoms with E-state index in [0.717, 1.165) is 33.0 Å². The van der Waals surface area contributed by atoms with E-state index in [4.69, 9.17) is 0 Å². The zero-order valence-corrected chi connectivity index (χ0v) is 14.3. The first kappa shape index (κ1) is 15.7. The number of hydrogen-bond acceptors (Lipinski definition) is 1. The fraction of sp³-hybridized carbons (Fsp3) is 0.250. The molecule has 1 atom stereocenters. The number of hydrogen-bond donors (Lipinski definition) is 1. The summed E-state index contributed by atoms with van der Waals surface area (Å²) in [6, 6.07) is 13.1. The van der Waals surface area contributed by atoms with Gasteiger partial charge in [0.1, 0.15) is 5.82 Å². The molecule has 0 aliphatic rings. The summed E-state index contributed by atoms with van der Waals surface area (Å²) in [6.07, 6.45) is 1.05. The summed E-state index contributed by atoms with van der Waals surface area (Å²) >= 11 is 6.91. The van der Waals surface area contributed by atoms with Crippen LogP contribution in [0.5, 0.6) is 0 Å². The minimum absolute atomic E-state index is 0.0537. The Morgan fingerprint density at radius 2 is 1.80 bits per heavy atom. The van der Waals surface area contributed by atoms with Crippen LogP contribution in [0.3, 0.4) is 0 Å². The standard InChI is InChI=1S/C16H16Br2FN/c1-2-9-20-16(11-3-5-12(17)6-4-11)14-8-7-13(19)10-15(14)18/h3-8,10,16,20H,2,9H2,1H3. The van der Waals surface area contributed by atoms with Crippen molar-refractivity contribution in [1.82, 2.24) is 5.32 Å². The van der Waals surface area contributed by atoms with E-state index in [9.17, 15) is 4.39 Å². The molecule has 106 valence electrons. The lowest BCUT2D eigenvalue weighted by Crippen LogP contribution is -2.23. The van der Waals surface area contributed by atoms with Crippen molar-refractivity contribution < 1.29 is 4.39 Å². The van der Waals surface area contributed by atoms with Crippen molar-refractivity contribution >= 4 is 31.9 Å². The van der Waals surface area contributed by atoms with Crippen LogP contribution in [0, 0.1) is 5.82 Å². The maximum absolute atomic E-state index is 13.3. The Morgan fingerprint density at radius 3 is 2.40 bits per heavy atom. The van der Waals surface area contributed by atoms with Gasteiger partial charge in [-0.15, -0.1) is 0 Å². The normalized spacial score (nSPS) is 12.4. The van der Waals surface area contributed by atoms with Gasteiger partial charge in [0.25, 0.3) is 0 Å². The zero-order valence-electron chi connectivity index (χ0n) is 11.2. The topological polar surface area (TPSA) is 12.0 Å². The van der Waals surface area contributed by atoms with Gasteiger partial charge in [-0.25, -0.2) is 4.39 Å². The highest BCUT2D eigenvalue weighted by molar-refractivity contribution is 9.10. The van der Waals surface area contributed by atoms with Crippen molar-refractivity contribution in [1.29, 1.82) is 0 Å².